The highest BCUT2D eigenvalue weighted by Crippen LogP contribution is 2.26. The molecule has 0 saturated carbocycles. The molecule has 2 saturated heterocycles. The van der Waals surface area contributed by atoms with E-state index in [1.165, 1.54) is 4.31 Å². The van der Waals surface area contributed by atoms with Crippen molar-refractivity contribution in [1.29, 1.82) is 0 Å². The summed E-state index contributed by atoms with van der Waals surface area (Å²) in [7, 11) is -1.59. The first-order valence-electron chi connectivity index (χ1n) is 8.54. The summed E-state index contributed by atoms with van der Waals surface area (Å²) in [5, 5.41) is 0. The number of carbonyl (C=O) groups is 1. The molecule has 24 heavy (non-hydrogen) atoms. The predicted octanol–water partition coefficient (Wildman–Crippen LogP) is 1.00. The largest absolute Gasteiger partial charge is 0.339 e. The molecule has 2 aliphatic heterocycles. The smallest absolute Gasteiger partial charge is 0.243 e. The van der Waals surface area contributed by atoms with Gasteiger partial charge >= 0.3 is 0 Å². The van der Waals surface area contributed by atoms with E-state index in [0.29, 0.717) is 26.1 Å². The van der Waals surface area contributed by atoms with Gasteiger partial charge in [0.1, 0.15) is 6.04 Å². The Morgan fingerprint density at radius 1 is 1.00 bits per heavy atom. The van der Waals surface area contributed by atoms with Crippen LogP contribution in [0.2, 0.25) is 0 Å². The van der Waals surface area contributed by atoms with Crippen LogP contribution in [-0.2, 0) is 14.8 Å². The van der Waals surface area contributed by atoms with Gasteiger partial charge in [-0.1, -0.05) is 24.6 Å². The van der Waals surface area contributed by atoms with Crippen molar-refractivity contribution in [2.24, 2.45) is 0 Å². The summed E-state index contributed by atoms with van der Waals surface area (Å²) in [6.45, 7) is 3.44. The van der Waals surface area contributed by atoms with Gasteiger partial charge in [-0.3, -0.25) is 4.79 Å². The molecule has 2 heterocycles. The second-order valence-electron chi connectivity index (χ2n) is 6.57. The van der Waals surface area contributed by atoms with Gasteiger partial charge in [-0.25, -0.2) is 8.42 Å². The number of piperazine rings is 1. The quantitative estimate of drug-likeness (QED) is 0.815. The molecule has 0 radical (unpaired) electrons. The van der Waals surface area contributed by atoms with E-state index >= 15 is 0 Å². The lowest BCUT2D eigenvalue weighted by molar-refractivity contribution is -0.137. The second kappa shape index (κ2) is 7.21. The molecule has 0 aliphatic carbocycles. The van der Waals surface area contributed by atoms with E-state index in [1.807, 2.05) is 11.9 Å². The first-order chi connectivity index (χ1) is 11.5. The highest BCUT2D eigenvalue weighted by atomic mass is 32.2. The van der Waals surface area contributed by atoms with Crippen molar-refractivity contribution in [3.63, 3.8) is 0 Å². The summed E-state index contributed by atoms with van der Waals surface area (Å²) >= 11 is 0. The summed E-state index contributed by atoms with van der Waals surface area (Å²) < 4.78 is 27.4. The molecule has 3 rings (SSSR count). The Bertz CT molecular complexity index is 670. The van der Waals surface area contributed by atoms with Crippen molar-refractivity contribution in [2.75, 3.05) is 39.8 Å². The molecular weight excluding hydrogens is 326 g/mol. The number of amides is 1. The van der Waals surface area contributed by atoms with Gasteiger partial charge in [-0.05, 0) is 32.0 Å². The molecular formula is C17H25N3O3S. The maximum Gasteiger partial charge on any atom is 0.243 e. The van der Waals surface area contributed by atoms with Gasteiger partial charge in [-0.2, -0.15) is 4.31 Å². The van der Waals surface area contributed by atoms with Gasteiger partial charge in [0.15, 0.2) is 0 Å². The van der Waals surface area contributed by atoms with E-state index in [0.717, 1.165) is 25.9 Å². The summed E-state index contributed by atoms with van der Waals surface area (Å²) in [4.78, 5) is 17.2. The Morgan fingerprint density at radius 3 is 2.33 bits per heavy atom. The maximum atomic E-state index is 13.0. The van der Waals surface area contributed by atoms with Gasteiger partial charge in [0.2, 0.25) is 15.9 Å². The summed E-state index contributed by atoms with van der Waals surface area (Å²) in [6.07, 6.45) is 2.31. The van der Waals surface area contributed by atoms with Crippen molar-refractivity contribution in [2.45, 2.75) is 30.2 Å². The van der Waals surface area contributed by atoms with Crippen LogP contribution in [-0.4, -0.2) is 74.2 Å². The third-order valence-corrected chi connectivity index (χ3v) is 6.83. The normalized spacial score (nSPS) is 24.0. The number of sulfonamides is 1. The molecule has 2 fully saturated rings. The van der Waals surface area contributed by atoms with Crippen molar-refractivity contribution >= 4 is 15.9 Å². The minimum Gasteiger partial charge on any atom is -0.339 e. The van der Waals surface area contributed by atoms with Crippen molar-refractivity contribution in [3.8, 4) is 0 Å². The topological polar surface area (TPSA) is 60.9 Å². The molecule has 1 amide bonds. The minimum atomic E-state index is -3.63. The summed E-state index contributed by atoms with van der Waals surface area (Å²) in [6, 6.07) is 7.86. The van der Waals surface area contributed by atoms with Gasteiger partial charge in [0.25, 0.3) is 0 Å². The molecule has 1 atom stereocenters. The van der Waals surface area contributed by atoms with Crippen LogP contribution in [0.1, 0.15) is 19.3 Å². The Kier molecular flexibility index (Phi) is 5.22. The van der Waals surface area contributed by atoms with Crippen molar-refractivity contribution in [3.05, 3.63) is 30.3 Å². The average molecular weight is 351 g/mol. The molecule has 0 unspecified atom stereocenters. The molecule has 1 aromatic carbocycles. The zero-order chi connectivity index (χ0) is 17.2. The number of hydrogen-bond donors (Lipinski definition) is 0. The van der Waals surface area contributed by atoms with E-state index in [2.05, 4.69) is 4.90 Å². The lowest BCUT2D eigenvalue weighted by atomic mass is 10.0. The van der Waals surface area contributed by atoms with E-state index < -0.39 is 16.1 Å². The van der Waals surface area contributed by atoms with E-state index in [-0.39, 0.29) is 10.8 Å². The van der Waals surface area contributed by atoms with Crippen LogP contribution in [0.25, 0.3) is 0 Å². The average Bonchev–Trinajstić information content (AvgIpc) is 2.62. The Hall–Kier alpha value is -1.44. The molecule has 0 aromatic heterocycles. The van der Waals surface area contributed by atoms with Crippen LogP contribution in [0.5, 0.6) is 0 Å². The third kappa shape index (κ3) is 3.48. The summed E-state index contributed by atoms with van der Waals surface area (Å²) in [5.74, 6) is -0.0395. The highest BCUT2D eigenvalue weighted by Gasteiger charge is 2.39. The fraction of sp³-hybridized carbons (Fsp3) is 0.588. The lowest BCUT2D eigenvalue weighted by Crippen LogP contribution is -2.56. The fourth-order valence-electron chi connectivity index (χ4n) is 3.40. The van der Waals surface area contributed by atoms with E-state index in [1.54, 1.807) is 30.3 Å². The number of carbonyl (C=O) groups excluding carboxylic acids is 1. The minimum absolute atomic E-state index is 0.0395. The number of benzene rings is 1. The first-order valence-corrected chi connectivity index (χ1v) is 9.98. The van der Waals surface area contributed by atoms with E-state index in [9.17, 15) is 13.2 Å². The maximum absolute atomic E-state index is 13.0. The zero-order valence-corrected chi connectivity index (χ0v) is 14.9. The molecule has 1 aromatic rings. The predicted molar refractivity (Wildman–Crippen MR) is 92.0 cm³/mol. The second-order valence-corrected chi connectivity index (χ2v) is 8.46. The van der Waals surface area contributed by atoms with E-state index in [4.69, 9.17) is 0 Å². The number of likely N-dealkylation sites (N-methyl/N-ethyl adjacent to an activating group) is 1. The zero-order valence-electron chi connectivity index (χ0n) is 14.1. The van der Waals surface area contributed by atoms with Gasteiger partial charge in [0.05, 0.1) is 4.90 Å². The van der Waals surface area contributed by atoms with Crippen LogP contribution >= 0.6 is 0 Å². The molecule has 6 nitrogen and oxygen atoms in total. The van der Waals surface area contributed by atoms with Crippen LogP contribution in [0, 0.1) is 0 Å². The van der Waals surface area contributed by atoms with Gasteiger partial charge in [-0.15, -0.1) is 0 Å². The molecule has 0 spiro atoms. The van der Waals surface area contributed by atoms with Gasteiger partial charge < -0.3 is 9.80 Å². The number of hydrogen-bond acceptors (Lipinski definition) is 4. The first kappa shape index (κ1) is 17.4. The Labute approximate surface area is 144 Å². The van der Waals surface area contributed by atoms with Crippen LogP contribution in [0.3, 0.4) is 0 Å². The van der Waals surface area contributed by atoms with Crippen LogP contribution in [0.15, 0.2) is 35.2 Å². The highest BCUT2D eigenvalue weighted by molar-refractivity contribution is 7.89. The number of nitrogens with zero attached hydrogens (tertiary/aromatic N) is 3. The monoisotopic (exact) mass is 351 g/mol. The SMILES string of the molecule is CN1CCN(C(=O)[C@@H]2CCCCN2S(=O)(=O)c2ccccc2)CC1. The lowest BCUT2D eigenvalue weighted by Gasteiger charge is -2.39. The van der Waals surface area contributed by atoms with Crippen molar-refractivity contribution < 1.29 is 13.2 Å². The fourth-order valence-corrected chi connectivity index (χ4v) is 5.08. The Balaban J connectivity index is 1.82. The Morgan fingerprint density at radius 2 is 1.67 bits per heavy atom. The van der Waals surface area contributed by atoms with Crippen LogP contribution in [0.4, 0.5) is 0 Å². The molecule has 0 bridgehead atoms. The third-order valence-electron chi connectivity index (χ3n) is 4.90. The van der Waals surface area contributed by atoms with Crippen LogP contribution < -0.4 is 0 Å². The molecule has 132 valence electrons. The molecule has 7 heteroatoms. The summed E-state index contributed by atoms with van der Waals surface area (Å²) in [5.41, 5.74) is 0. The number of piperidine rings is 1. The molecule has 2 aliphatic rings. The van der Waals surface area contributed by atoms with Crippen molar-refractivity contribution in [1.82, 2.24) is 14.1 Å². The molecule has 0 N–H and O–H groups in total. The standard InChI is InChI=1S/C17H25N3O3S/c1-18-11-13-19(14-12-18)17(21)16-9-5-6-10-20(16)24(22,23)15-7-3-2-4-8-15/h2-4,7-8,16H,5-6,9-14H2,1H3/t16-/m0/s1. The van der Waals surface area contributed by atoms with Gasteiger partial charge in [0, 0.05) is 32.7 Å². The number of rotatable bonds is 3.